The number of carbonyl (C=O) groups excluding carboxylic acids is 1. The van der Waals surface area contributed by atoms with Crippen molar-refractivity contribution >= 4 is 11.6 Å². The monoisotopic (exact) mass is 408 g/mol. The number of hydrogen-bond donors (Lipinski definition) is 1. The smallest absolute Gasteiger partial charge is 0.278 e. The summed E-state index contributed by atoms with van der Waals surface area (Å²) in [5, 5.41) is 0. The Kier molecular flexibility index (Phi) is 6.58. The first kappa shape index (κ1) is 20.7. The summed E-state index contributed by atoms with van der Waals surface area (Å²) in [6.45, 7) is 7.37. The lowest BCUT2D eigenvalue weighted by Gasteiger charge is -2.36. The number of quaternary nitrogens is 1. The highest BCUT2D eigenvalue weighted by molar-refractivity contribution is 5.77. The van der Waals surface area contributed by atoms with Crippen LogP contribution in [0.3, 0.4) is 0 Å². The summed E-state index contributed by atoms with van der Waals surface area (Å²) in [5.74, 6) is 1.89. The minimum atomic E-state index is 0.291. The molecule has 2 aromatic carbocycles. The van der Waals surface area contributed by atoms with Gasteiger partial charge in [0.2, 0.25) is 0 Å². The molecule has 5 heteroatoms. The van der Waals surface area contributed by atoms with Crippen molar-refractivity contribution in [3.05, 3.63) is 60.2 Å². The van der Waals surface area contributed by atoms with Crippen LogP contribution in [0.25, 0.3) is 0 Å². The maximum Gasteiger partial charge on any atom is 0.278 e. The molecule has 0 unspecified atom stereocenters. The summed E-state index contributed by atoms with van der Waals surface area (Å²) in [6.07, 6.45) is 2.51. The van der Waals surface area contributed by atoms with Crippen LogP contribution < -0.4 is 14.5 Å². The van der Waals surface area contributed by atoms with Crippen LogP contribution in [0.5, 0.6) is 5.75 Å². The zero-order valence-corrected chi connectivity index (χ0v) is 18.2. The molecule has 30 heavy (non-hydrogen) atoms. The first-order valence-electron chi connectivity index (χ1n) is 11.2. The van der Waals surface area contributed by atoms with E-state index in [1.54, 1.807) is 7.11 Å². The van der Waals surface area contributed by atoms with Crippen LogP contribution in [-0.2, 0) is 11.3 Å². The van der Waals surface area contributed by atoms with Gasteiger partial charge in [0.05, 0.1) is 39.0 Å². The quantitative estimate of drug-likeness (QED) is 0.728. The molecule has 1 atom stereocenters. The van der Waals surface area contributed by atoms with E-state index in [1.807, 2.05) is 18.2 Å². The summed E-state index contributed by atoms with van der Waals surface area (Å²) in [6, 6.07) is 18.9. The highest BCUT2D eigenvalue weighted by atomic mass is 16.5. The SMILES string of the molecule is COc1ccccc1N1CC[NH+](CC(=O)N(Cc2ccccc2)[C@@H](C)C2CC2)CC1. The fourth-order valence-corrected chi connectivity index (χ4v) is 4.52. The van der Waals surface area contributed by atoms with Crippen molar-refractivity contribution in [2.75, 3.05) is 44.7 Å². The molecule has 1 aliphatic carbocycles. The Hall–Kier alpha value is -2.53. The molecule has 1 amide bonds. The fourth-order valence-electron chi connectivity index (χ4n) is 4.52. The molecule has 4 rings (SSSR count). The van der Waals surface area contributed by atoms with E-state index in [9.17, 15) is 4.79 Å². The third-order valence-corrected chi connectivity index (χ3v) is 6.61. The highest BCUT2D eigenvalue weighted by Crippen LogP contribution is 2.35. The lowest BCUT2D eigenvalue weighted by molar-refractivity contribution is -0.892. The number of methoxy groups -OCH3 is 1. The number of ether oxygens (including phenoxy) is 1. The maximum absolute atomic E-state index is 13.3. The highest BCUT2D eigenvalue weighted by Gasteiger charge is 2.35. The average Bonchev–Trinajstić information content (AvgIpc) is 3.64. The summed E-state index contributed by atoms with van der Waals surface area (Å²) >= 11 is 0. The Balaban J connectivity index is 1.36. The molecule has 1 heterocycles. The van der Waals surface area contributed by atoms with Gasteiger partial charge in [-0.25, -0.2) is 0 Å². The maximum atomic E-state index is 13.3. The number of benzene rings is 2. The van der Waals surface area contributed by atoms with E-state index in [2.05, 4.69) is 53.1 Å². The van der Waals surface area contributed by atoms with Crippen molar-refractivity contribution in [1.82, 2.24) is 4.90 Å². The van der Waals surface area contributed by atoms with Gasteiger partial charge in [-0.15, -0.1) is 0 Å². The van der Waals surface area contributed by atoms with E-state index < -0.39 is 0 Å². The molecule has 2 aliphatic rings. The molecule has 1 aliphatic heterocycles. The van der Waals surface area contributed by atoms with Gasteiger partial charge in [-0.2, -0.15) is 0 Å². The van der Waals surface area contributed by atoms with Crippen molar-refractivity contribution in [2.24, 2.45) is 5.92 Å². The lowest BCUT2D eigenvalue weighted by Crippen LogP contribution is -3.16. The predicted molar refractivity (Wildman–Crippen MR) is 120 cm³/mol. The van der Waals surface area contributed by atoms with Crippen molar-refractivity contribution < 1.29 is 14.4 Å². The molecule has 2 aromatic rings. The van der Waals surface area contributed by atoms with Crippen LogP contribution in [-0.4, -0.2) is 56.7 Å². The standard InChI is InChI=1S/C25H33N3O2/c1-20(22-12-13-22)28(18-21-8-4-3-5-9-21)25(29)19-26-14-16-27(17-15-26)23-10-6-7-11-24(23)30-2/h3-11,20,22H,12-19H2,1-2H3/p+1/t20-/m0/s1. The number of carbonyl (C=O) groups is 1. The van der Waals surface area contributed by atoms with Gasteiger partial charge in [0.1, 0.15) is 5.75 Å². The van der Waals surface area contributed by atoms with Crippen LogP contribution in [0.4, 0.5) is 5.69 Å². The number of amides is 1. The second kappa shape index (κ2) is 9.52. The molecule has 1 saturated heterocycles. The van der Waals surface area contributed by atoms with E-state index in [-0.39, 0.29) is 0 Å². The van der Waals surface area contributed by atoms with Gasteiger partial charge in [0.25, 0.3) is 5.91 Å². The van der Waals surface area contributed by atoms with Gasteiger partial charge in [-0.3, -0.25) is 4.79 Å². The summed E-state index contributed by atoms with van der Waals surface area (Å²) in [7, 11) is 1.72. The Morgan fingerprint density at radius 1 is 1.10 bits per heavy atom. The van der Waals surface area contributed by atoms with Crippen molar-refractivity contribution in [3.8, 4) is 5.75 Å². The van der Waals surface area contributed by atoms with Crippen LogP contribution in [0.1, 0.15) is 25.3 Å². The average molecular weight is 409 g/mol. The predicted octanol–water partition coefficient (Wildman–Crippen LogP) is 2.23. The first-order chi connectivity index (χ1) is 14.7. The number of piperazine rings is 1. The summed E-state index contributed by atoms with van der Waals surface area (Å²) in [5.41, 5.74) is 2.37. The van der Waals surface area contributed by atoms with Gasteiger partial charge in [0, 0.05) is 12.6 Å². The van der Waals surface area contributed by atoms with Gasteiger partial charge in [0.15, 0.2) is 6.54 Å². The van der Waals surface area contributed by atoms with E-state index in [4.69, 9.17) is 4.74 Å². The molecule has 5 nitrogen and oxygen atoms in total. The Bertz CT molecular complexity index is 829. The van der Waals surface area contributed by atoms with E-state index in [1.165, 1.54) is 23.3 Å². The summed E-state index contributed by atoms with van der Waals surface area (Å²) < 4.78 is 5.52. The Morgan fingerprint density at radius 3 is 2.43 bits per heavy atom. The molecule has 0 radical (unpaired) electrons. The number of para-hydroxylation sites is 2. The van der Waals surface area contributed by atoms with Gasteiger partial charge < -0.3 is 19.4 Å². The van der Waals surface area contributed by atoms with E-state index >= 15 is 0 Å². The van der Waals surface area contributed by atoms with Crippen LogP contribution in [0, 0.1) is 5.92 Å². The number of rotatable bonds is 8. The number of hydrogen-bond acceptors (Lipinski definition) is 3. The van der Waals surface area contributed by atoms with Gasteiger partial charge >= 0.3 is 0 Å². The lowest BCUT2D eigenvalue weighted by atomic mass is 10.1. The van der Waals surface area contributed by atoms with Gasteiger partial charge in [-0.05, 0) is 43.4 Å². The minimum absolute atomic E-state index is 0.291. The van der Waals surface area contributed by atoms with Gasteiger partial charge in [-0.1, -0.05) is 42.5 Å². The van der Waals surface area contributed by atoms with E-state index in [0.717, 1.165) is 44.2 Å². The minimum Gasteiger partial charge on any atom is -0.495 e. The molecule has 1 saturated carbocycles. The molecule has 0 bridgehead atoms. The molecule has 160 valence electrons. The van der Waals surface area contributed by atoms with Crippen LogP contribution in [0.15, 0.2) is 54.6 Å². The van der Waals surface area contributed by atoms with Crippen LogP contribution in [0.2, 0.25) is 0 Å². The fraction of sp³-hybridized carbons (Fsp3) is 0.480. The zero-order valence-electron chi connectivity index (χ0n) is 18.2. The summed E-state index contributed by atoms with van der Waals surface area (Å²) in [4.78, 5) is 19.2. The topological polar surface area (TPSA) is 37.2 Å². The molecular formula is C25H34N3O2+. The van der Waals surface area contributed by atoms with Crippen molar-refractivity contribution in [2.45, 2.75) is 32.4 Å². The third-order valence-electron chi connectivity index (χ3n) is 6.61. The van der Waals surface area contributed by atoms with Crippen LogP contribution >= 0.6 is 0 Å². The third kappa shape index (κ3) is 4.96. The van der Waals surface area contributed by atoms with Crippen molar-refractivity contribution in [1.29, 1.82) is 0 Å². The zero-order chi connectivity index (χ0) is 20.9. The Labute approximate surface area is 180 Å². The molecule has 0 aromatic heterocycles. The number of anilines is 1. The van der Waals surface area contributed by atoms with E-state index in [0.29, 0.717) is 24.4 Å². The first-order valence-corrected chi connectivity index (χ1v) is 11.2. The Morgan fingerprint density at radius 2 is 1.77 bits per heavy atom. The second-order valence-corrected chi connectivity index (χ2v) is 8.67. The normalized spacial score (nSPS) is 18.1. The van der Waals surface area contributed by atoms with Crippen molar-refractivity contribution in [3.63, 3.8) is 0 Å². The molecular weight excluding hydrogens is 374 g/mol. The number of nitrogens with zero attached hydrogens (tertiary/aromatic N) is 2. The molecule has 2 fully saturated rings. The molecule has 1 N–H and O–H groups in total. The second-order valence-electron chi connectivity index (χ2n) is 8.67. The molecule has 0 spiro atoms. The number of nitrogens with one attached hydrogen (secondary N) is 1. The largest absolute Gasteiger partial charge is 0.495 e.